The van der Waals surface area contributed by atoms with E-state index in [-0.39, 0.29) is 19.1 Å². The Balaban J connectivity index is 3.82. The summed E-state index contributed by atoms with van der Waals surface area (Å²) in [7, 11) is 3.93. The van der Waals surface area contributed by atoms with Crippen molar-refractivity contribution in [1.82, 2.24) is 10.2 Å². The van der Waals surface area contributed by atoms with Gasteiger partial charge in [0.05, 0.1) is 18.6 Å². The van der Waals surface area contributed by atoms with E-state index in [1.165, 1.54) is 6.92 Å². The van der Waals surface area contributed by atoms with Crippen molar-refractivity contribution < 1.29 is 15.0 Å². The van der Waals surface area contributed by atoms with E-state index in [4.69, 9.17) is 10.2 Å². The van der Waals surface area contributed by atoms with Crippen molar-refractivity contribution >= 4 is 5.91 Å². The maximum absolute atomic E-state index is 11.5. The quantitative estimate of drug-likeness (QED) is 0.482. The molecule has 5 nitrogen and oxygen atoms in total. The molecule has 5 heteroatoms. The van der Waals surface area contributed by atoms with Gasteiger partial charge in [-0.15, -0.1) is 0 Å². The molecule has 0 unspecified atom stereocenters. The fraction of sp³-hybridized carbons (Fsp3) is 0.900. The van der Waals surface area contributed by atoms with Gasteiger partial charge in [-0.05, 0) is 34.0 Å². The SMILES string of the molecule is CN(C)CCCNC(=O)C(C)(CO)CO. The van der Waals surface area contributed by atoms with E-state index in [9.17, 15) is 4.79 Å². The predicted octanol–water partition coefficient (Wildman–Crippen LogP) is -0.955. The molecule has 0 fully saturated rings. The highest BCUT2D eigenvalue weighted by molar-refractivity contribution is 5.82. The van der Waals surface area contributed by atoms with Crippen molar-refractivity contribution in [1.29, 1.82) is 0 Å². The van der Waals surface area contributed by atoms with Gasteiger partial charge in [0.25, 0.3) is 0 Å². The lowest BCUT2D eigenvalue weighted by Crippen LogP contribution is -2.44. The molecule has 15 heavy (non-hydrogen) atoms. The lowest BCUT2D eigenvalue weighted by atomic mass is 9.92. The van der Waals surface area contributed by atoms with E-state index < -0.39 is 5.41 Å². The monoisotopic (exact) mass is 218 g/mol. The maximum Gasteiger partial charge on any atom is 0.230 e. The van der Waals surface area contributed by atoms with Crippen molar-refractivity contribution in [2.45, 2.75) is 13.3 Å². The van der Waals surface area contributed by atoms with Gasteiger partial charge in [0.1, 0.15) is 0 Å². The van der Waals surface area contributed by atoms with Crippen molar-refractivity contribution in [3.63, 3.8) is 0 Å². The van der Waals surface area contributed by atoms with Crippen LogP contribution in [0, 0.1) is 5.41 Å². The third-order valence-corrected chi connectivity index (χ3v) is 2.31. The van der Waals surface area contributed by atoms with Crippen LogP contribution in [0.1, 0.15) is 13.3 Å². The van der Waals surface area contributed by atoms with Gasteiger partial charge < -0.3 is 20.4 Å². The van der Waals surface area contributed by atoms with Crippen LogP contribution in [0.3, 0.4) is 0 Å². The zero-order valence-corrected chi connectivity index (χ0v) is 9.79. The molecule has 0 aromatic carbocycles. The molecule has 0 aromatic rings. The van der Waals surface area contributed by atoms with Crippen LogP contribution in [-0.2, 0) is 4.79 Å². The largest absolute Gasteiger partial charge is 0.395 e. The second kappa shape index (κ2) is 6.76. The first-order chi connectivity index (χ1) is 6.96. The van der Waals surface area contributed by atoms with E-state index in [1.807, 2.05) is 19.0 Å². The summed E-state index contributed by atoms with van der Waals surface area (Å²) >= 11 is 0. The standard InChI is InChI=1S/C10H22N2O3/c1-10(7-13,8-14)9(15)11-5-4-6-12(2)3/h13-14H,4-8H2,1-3H3,(H,11,15). The number of carbonyl (C=O) groups excluding carboxylic acids is 1. The topological polar surface area (TPSA) is 72.8 Å². The number of aliphatic hydroxyl groups is 2. The Kier molecular flexibility index (Phi) is 6.47. The minimum atomic E-state index is -1.07. The highest BCUT2D eigenvalue weighted by Crippen LogP contribution is 2.13. The lowest BCUT2D eigenvalue weighted by molar-refractivity contribution is -0.134. The van der Waals surface area contributed by atoms with Crippen molar-refractivity contribution in [3.05, 3.63) is 0 Å². The van der Waals surface area contributed by atoms with Gasteiger partial charge in [-0.3, -0.25) is 4.79 Å². The minimum Gasteiger partial charge on any atom is -0.395 e. The van der Waals surface area contributed by atoms with Gasteiger partial charge in [-0.2, -0.15) is 0 Å². The molecule has 0 saturated heterocycles. The second-order valence-electron chi connectivity index (χ2n) is 4.29. The van der Waals surface area contributed by atoms with Gasteiger partial charge in [0.15, 0.2) is 0 Å². The zero-order chi connectivity index (χ0) is 11.9. The summed E-state index contributed by atoms with van der Waals surface area (Å²) < 4.78 is 0. The molecule has 0 aliphatic heterocycles. The zero-order valence-electron chi connectivity index (χ0n) is 9.79. The molecular formula is C10H22N2O3. The van der Waals surface area contributed by atoms with Crippen LogP contribution in [0.15, 0.2) is 0 Å². The summed E-state index contributed by atoms with van der Waals surface area (Å²) in [5, 5.41) is 20.6. The molecule has 0 spiro atoms. The Morgan fingerprint density at radius 2 is 1.87 bits per heavy atom. The number of nitrogens with one attached hydrogen (secondary N) is 1. The average Bonchev–Trinajstić information content (AvgIpc) is 2.22. The number of amides is 1. The minimum absolute atomic E-state index is 0.300. The Labute approximate surface area is 91.1 Å². The molecule has 0 saturated carbocycles. The molecule has 1 amide bonds. The van der Waals surface area contributed by atoms with Gasteiger partial charge in [-0.25, -0.2) is 0 Å². The summed E-state index contributed by atoms with van der Waals surface area (Å²) in [6.45, 7) is 2.31. The van der Waals surface area contributed by atoms with Crippen LogP contribution >= 0.6 is 0 Å². The van der Waals surface area contributed by atoms with E-state index >= 15 is 0 Å². The van der Waals surface area contributed by atoms with Crippen LogP contribution in [0.2, 0.25) is 0 Å². The molecule has 0 atom stereocenters. The molecule has 0 heterocycles. The molecule has 0 radical (unpaired) electrons. The van der Waals surface area contributed by atoms with Gasteiger partial charge >= 0.3 is 0 Å². The Bertz CT molecular complexity index is 191. The van der Waals surface area contributed by atoms with E-state index in [0.717, 1.165) is 13.0 Å². The maximum atomic E-state index is 11.5. The molecule has 0 rings (SSSR count). The first kappa shape index (κ1) is 14.3. The van der Waals surface area contributed by atoms with E-state index in [2.05, 4.69) is 5.32 Å². The molecule has 90 valence electrons. The number of hydrogen-bond donors (Lipinski definition) is 3. The summed E-state index contributed by atoms with van der Waals surface area (Å²) in [6, 6.07) is 0. The fourth-order valence-corrected chi connectivity index (χ4v) is 1.00. The molecule has 0 bridgehead atoms. The highest BCUT2D eigenvalue weighted by atomic mass is 16.3. The van der Waals surface area contributed by atoms with Crippen LogP contribution < -0.4 is 5.32 Å². The number of carbonyl (C=O) groups is 1. The predicted molar refractivity (Wildman–Crippen MR) is 58.5 cm³/mol. The summed E-state index contributed by atoms with van der Waals surface area (Å²) in [6.07, 6.45) is 0.853. The molecule has 0 aliphatic carbocycles. The van der Waals surface area contributed by atoms with Crippen molar-refractivity contribution in [2.24, 2.45) is 5.41 Å². The molecular weight excluding hydrogens is 196 g/mol. The summed E-state index contributed by atoms with van der Waals surface area (Å²) in [5.74, 6) is -0.300. The Hall–Kier alpha value is -0.650. The first-order valence-corrected chi connectivity index (χ1v) is 5.11. The van der Waals surface area contributed by atoms with Crippen molar-refractivity contribution in [3.8, 4) is 0 Å². The lowest BCUT2D eigenvalue weighted by Gasteiger charge is -2.23. The van der Waals surface area contributed by atoms with Gasteiger partial charge in [0, 0.05) is 6.54 Å². The fourth-order valence-electron chi connectivity index (χ4n) is 1.00. The smallest absolute Gasteiger partial charge is 0.230 e. The number of nitrogens with zero attached hydrogens (tertiary/aromatic N) is 1. The molecule has 0 aromatic heterocycles. The molecule has 0 aliphatic rings. The Morgan fingerprint density at radius 1 is 1.33 bits per heavy atom. The second-order valence-corrected chi connectivity index (χ2v) is 4.29. The van der Waals surface area contributed by atoms with Crippen LogP contribution in [-0.4, -0.2) is 61.4 Å². The third kappa shape index (κ3) is 5.11. The van der Waals surface area contributed by atoms with E-state index in [1.54, 1.807) is 0 Å². The normalized spacial score (nSPS) is 11.9. The third-order valence-electron chi connectivity index (χ3n) is 2.31. The van der Waals surface area contributed by atoms with Gasteiger partial charge in [0.2, 0.25) is 5.91 Å². The number of rotatable bonds is 7. The molecule has 3 N–H and O–H groups in total. The number of hydrogen-bond acceptors (Lipinski definition) is 4. The van der Waals surface area contributed by atoms with E-state index in [0.29, 0.717) is 6.54 Å². The average molecular weight is 218 g/mol. The van der Waals surface area contributed by atoms with Crippen molar-refractivity contribution in [2.75, 3.05) is 40.4 Å². The van der Waals surface area contributed by atoms with Crippen LogP contribution in [0.5, 0.6) is 0 Å². The van der Waals surface area contributed by atoms with Crippen LogP contribution in [0.4, 0.5) is 0 Å². The highest BCUT2D eigenvalue weighted by Gasteiger charge is 2.31. The Morgan fingerprint density at radius 3 is 2.27 bits per heavy atom. The van der Waals surface area contributed by atoms with Crippen LogP contribution in [0.25, 0.3) is 0 Å². The number of aliphatic hydroxyl groups excluding tert-OH is 2. The summed E-state index contributed by atoms with van der Waals surface area (Å²) in [4.78, 5) is 13.6. The van der Waals surface area contributed by atoms with Gasteiger partial charge in [-0.1, -0.05) is 0 Å². The first-order valence-electron chi connectivity index (χ1n) is 5.11. The summed E-state index contributed by atoms with van der Waals surface area (Å²) in [5.41, 5.74) is -1.07.